The number of aliphatic hydroxyl groups excluding tert-OH is 1. The molecule has 0 aliphatic heterocycles. The zero-order chi connectivity index (χ0) is 19.5. The first-order chi connectivity index (χ1) is 12.6. The minimum Gasteiger partial charge on any atom is -0.436 e. The molecule has 0 saturated carbocycles. The van der Waals surface area contributed by atoms with E-state index >= 15 is 0 Å². The fourth-order valence-corrected chi connectivity index (χ4v) is 3.00. The van der Waals surface area contributed by atoms with E-state index in [4.69, 9.17) is 4.74 Å². The van der Waals surface area contributed by atoms with E-state index in [0.29, 0.717) is 18.8 Å². The SMILES string of the molecule is CCCCCCCC/C=C\CCCCCCCC(=O)OC(O)CC(C)C. The van der Waals surface area contributed by atoms with Gasteiger partial charge in [0, 0.05) is 12.8 Å². The fraction of sp³-hybridized carbons (Fsp3) is 0.870. The number of allylic oxidation sites excluding steroid dienone is 2. The van der Waals surface area contributed by atoms with E-state index < -0.39 is 6.29 Å². The fourth-order valence-electron chi connectivity index (χ4n) is 3.00. The molecule has 0 aliphatic carbocycles. The Balaban J connectivity index is 3.30. The zero-order valence-electron chi connectivity index (χ0n) is 17.7. The van der Waals surface area contributed by atoms with Crippen LogP contribution in [-0.2, 0) is 9.53 Å². The summed E-state index contributed by atoms with van der Waals surface area (Å²) in [5.74, 6) is 0.0634. The molecule has 3 heteroatoms. The normalized spacial score (nSPS) is 12.8. The Labute approximate surface area is 162 Å². The van der Waals surface area contributed by atoms with Gasteiger partial charge in [-0.2, -0.15) is 0 Å². The van der Waals surface area contributed by atoms with E-state index in [9.17, 15) is 9.90 Å². The summed E-state index contributed by atoms with van der Waals surface area (Å²) in [5.41, 5.74) is 0. The number of hydrogen-bond donors (Lipinski definition) is 1. The number of aliphatic hydroxyl groups is 1. The molecule has 0 aromatic carbocycles. The third-order valence-electron chi connectivity index (χ3n) is 4.58. The Morgan fingerprint density at radius 3 is 1.88 bits per heavy atom. The van der Waals surface area contributed by atoms with Crippen molar-refractivity contribution in [3.8, 4) is 0 Å². The first-order valence-electron chi connectivity index (χ1n) is 11.1. The number of carbonyl (C=O) groups is 1. The molecule has 0 rings (SSSR count). The summed E-state index contributed by atoms with van der Waals surface area (Å²) in [5, 5.41) is 9.57. The van der Waals surface area contributed by atoms with Crippen molar-refractivity contribution < 1.29 is 14.6 Å². The second-order valence-corrected chi connectivity index (χ2v) is 7.91. The number of carbonyl (C=O) groups excluding carboxylic acids is 1. The number of esters is 1. The Morgan fingerprint density at radius 1 is 0.846 bits per heavy atom. The van der Waals surface area contributed by atoms with Gasteiger partial charge in [0.1, 0.15) is 0 Å². The van der Waals surface area contributed by atoms with Gasteiger partial charge in [0.05, 0.1) is 0 Å². The average Bonchev–Trinajstić information content (AvgIpc) is 2.57. The maximum atomic E-state index is 11.6. The van der Waals surface area contributed by atoms with E-state index in [1.165, 1.54) is 70.6 Å². The molecule has 1 atom stereocenters. The third-order valence-corrected chi connectivity index (χ3v) is 4.58. The van der Waals surface area contributed by atoms with E-state index in [1.807, 2.05) is 13.8 Å². The first kappa shape index (κ1) is 25.2. The highest BCUT2D eigenvalue weighted by Crippen LogP contribution is 2.11. The Hall–Kier alpha value is -0.830. The molecule has 0 bridgehead atoms. The lowest BCUT2D eigenvalue weighted by atomic mass is 10.1. The lowest BCUT2D eigenvalue weighted by Crippen LogP contribution is -2.19. The molecule has 0 fully saturated rings. The average molecular weight is 369 g/mol. The number of ether oxygens (including phenoxy) is 1. The summed E-state index contributed by atoms with van der Waals surface area (Å²) >= 11 is 0. The Bertz CT molecular complexity index is 336. The molecule has 154 valence electrons. The molecule has 1 unspecified atom stereocenters. The molecular weight excluding hydrogens is 324 g/mol. The summed E-state index contributed by atoms with van der Waals surface area (Å²) < 4.78 is 4.99. The van der Waals surface area contributed by atoms with Crippen LogP contribution in [0.4, 0.5) is 0 Å². The molecular formula is C23H44O3. The molecule has 26 heavy (non-hydrogen) atoms. The van der Waals surface area contributed by atoms with E-state index in [-0.39, 0.29) is 5.97 Å². The molecule has 0 saturated heterocycles. The molecule has 0 aromatic heterocycles. The molecule has 0 aliphatic rings. The van der Waals surface area contributed by atoms with Gasteiger partial charge in [0.2, 0.25) is 6.29 Å². The maximum absolute atomic E-state index is 11.6. The van der Waals surface area contributed by atoms with Gasteiger partial charge < -0.3 is 9.84 Å². The van der Waals surface area contributed by atoms with Crippen LogP contribution in [0.3, 0.4) is 0 Å². The Morgan fingerprint density at radius 2 is 1.35 bits per heavy atom. The highest BCUT2D eigenvalue weighted by Gasteiger charge is 2.12. The summed E-state index contributed by atoms with van der Waals surface area (Å²) in [6.45, 7) is 6.26. The van der Waals surface area contributed by atoms with Gasteiger partial charge in [0.15, 0.2) is 0 Å². The van der Waals surface area contributed by atoms with Gasteiger partial charge in [-0.15, -0.1) is 0 Å². The van der Waals surface area contributed by atoms with Crippen LogP contribution in [0.5, 0.6) is 0 Å². The standard InChI is InChI=1S/C23H44O3/c1-4-5-6-7-8-9-10-11-12-13-14-15-16-17-18-19-22(24)26-23(25)20-21(2)3/h11-12,21,23,25H,4-10,13-20H2,1-3H3/b12-11-. The van der Waals surface area contributed by atoms with Gasteiger partial charge in [-0.05, 0) is 38.0 Å². The van der Waals surface area contributed by atoms with Gasteiger partial charge in [0.25, 0.3) is 0 Å². The van der Waals surface area contributed by atoms with Crippen LogP contribution in [0.25, 0.3) is 0 Å². The van der Waals surface area contributed by atoms with Crippen molar-refractivity contribution in [2.24, 2.45) is 5.92 Å². The van der Waals surface area contributed by atoms with Crippen molar-refractivity contribution in [2.45, 2.75) is 123 Å². The summed E-state index contributed by atoms with van der Waals surface area (Å²) in [4.78, 5) is 11.6. The molecule has 0 radical (unpaired) electrons. The predicted octanol–water partition coefficient (Wildman–Crippen LogP) is 6.93. The minimum atomic E-state index is -0.939. The van der Waals surface area contributed by atoms with Crippen LogP contribution >= 0.6 is 0 Å². The predicted molar refractivity (Wildman–Crippen MR) is 111 cm³/mol. The summed E-state index contributed by atoms with van der Waals surface area (Å²) in [6, 6.07) is 0. The van der Waals surface area contributed by atoms with Crippen LogP contribution in [0, 0.1) is 5.92 Å². The third kappa shape index (κ3) is 19.5. The lowest BCUT2D eigenvalue weighted by molar-refractivity contribution is -0.170. The van der Waals surface area contributed by atoms with Crippen molar-refractivity contribution in [2.75, 3.05) is 0 Å². The first-order valence-corrected chi connectivity index (χ1v) is 11.1. The number of unbranched alkanes of at least 4 members (excludes halogenated alkanes) is 11. The van der Waals surface area contributed by atoms with Gasteiger partial charge in [-0.25, -0.2) is 0 Å². The van der Waals surface area contributed by atoms with Crippen molar-refractivity contribution in [3.05, 3.63) is 12.2 Å². The summed E-state index contributed by atoms with van der Waals surface area (Å²) in [6.07, 6.45) is 20.9. The smallest absolute Gasteiger partial charge is 0.308 e. The minimum absolute atomic E-state index is 0.268. The molecule has 3 nitrogen and oxygen atoms in total. The monoisotopic (exact) mass is 368 g/mol. The second kappa shape index (κ2) is 18.9. The zero-order valence-corrected chi connectivity index (χ0v) is 17.7. The number of hydrogen-bond acceptors (Lipinski definition) is 3. The molecule has 1 N–H and O–H groups in total. The van der Waals surface area contributed by atoms with Crippen LogP contribution in [-0.4, -0.2) is 17.4 Å². The van der Waals surface area contributed by atoms with Crippen molar-refractivity contribution in [3.63, 3.8) is 0 Å². The number of rotatable bonds is 18. The quantitative estimate of drug-likeness (QED) is 0.123. The van der Waals surface area contributed by atoms with Gasteiger partial charge >= 0.3 is 5.97 Å². The van der Waals surface area contributed by atoms with Gasteiger partial charge in [-0.1, -0.05) is 84.3 Å². The van der Waals surface area contributed by atoms with Crippen LogP contribution in [0.1, 0.15) is 117 Å². The Kier molecular flexibility index (Phi) is 18.3. The summed E-state index contributed by atoms with van der Waals surface area (Å²) in [7, 11) is 0. The topological polar surface area (TPSA) is 46.5 Å². The second-order valence-electron chi connectivity index (χ2n) is 7.91. The highest BCUT2D eigenvalue weighted by molar-refractivity contribution is 5.69. The van der Waals surface area contributed by atoms with Crippen LogP contribution < -0.4 is 0 Å². The van der Waals surface area contributed by atoms with Gasteiger partial charge in [-0.3, -0.25) is 4.79 Å². The highest BCUT2D eigenvalue weighted by atomic mass is 16.6. The van der Waals surface area contributed by atoms with Crippen molar-refractivity contribution in [1.82, 2.24) is 0 Å². The maximum Gasteiger partial charge on any atom is 0.308 e. The largest absolute Gasteiger partial charge is 0.436 e. The van der Waals surface area contributed by atoms with E-state index in [0.717, 1.165) is 12.8 Å². The molecule has 0 aromatic rings. The van der Waals surface area contributed by atoms with E-state index in [1.54, 1.807) is 0 Å². The van der Waals surface area contributed by atoms with Crippen LogP contribution in [0.2, 0.25) is 0 Å². The van der Waals surface area contributed by atoms with E-state index in [2.05, 4.69) is 19.1 Å². The van der Waals surface area contributed by atoms with Crippen LogP contribution in [0.15, 0.2) is 12.2 Å². The lowest BCUT2D eigenvalue weighted by Gasteiger charge is -2.13. The van der Waals surface area contributed by atoms with Crippen molar-refractivity contribution >= 4 is 5.97 Å². The molecule has 0 amide bonds. The van der Waals surface area contributed by atoms with Crippen molar-refractivity contribution in [1.29, 1.82) is 0 Å². The molecule has 0 heterocycles. The molecule has 0 spiro atoms.